The minimum absolute atomic E-state index is 0. The fraction of sp³-hybridized carbons (Fsp3) is 0.967. The molecule has 10 atom stereocenters. The van der Waals surface area contributed by atoms with E-state index < -0.39 is 0 Å². The molecule has 4 saturated carbocycles. The highest BCUT2D eigenvalue weighted by Gasteiger charge is 2.63. The lowest BCUT2D eigenvalue weighted by Gasteiger charge is -2.62. The molecule has 4 unspecified atom stereocenters. The second-order valence-electron chi connectivity index (χ2n) is 14.6. The van der Waals surface area contributed by atoms with E-state index in [-0.39, 0.29) is 52.9 Å². The first-order valence-electron chi connectivity index (χ1n) is 14.8. The summed E-state index contributed by atoms with van der Waals surface area (Å²) in [5.41, 5.74) is 0.275. The standard InChI is InChI=1S/C30H54N2O3.HI/c1-20(8-13-28(35)31-16-7-17-32(4,5)6)24-11-12-25-23-10-9-21-18-22(33)14-15-29(21,2)26(23)19-27(34)30(24,25)3;/h20-27,33-34H,7-19H2,1-6H3;1H/t20-,21?,22-,23?,24-,25?,26?,27+,29+,30-;/m1./s1. The molecule has 210 valence electrons. The SMILES string of the molecule is C[C@H](CCC(=O)NCCC[N+](C)(C)C)[C@H]1CCC2C3CCC4C[C@H](O)CC[C@]4(C)C3C[C@H](O)[C@@]21C.[I-]. The summed E-state index contributed by atoms with van der Waals surface area (Å²) in [6.45, 7) is 9.06. The van der Waals surface area contributed by atoms with Gasteiger partial charge < -0.3 is 44.0 Å². The van der Waals surface area contributed by atoms with Gasteiger partial charge >= 0.3 is 0 Å². The molecule has 4 fully saturated rings. The number of fused-ring (bicyclic) bond motifs is 5. The summed E-state index contributed by atoms with van der Waals surface area (Å²) in [5.74, 6) is 3.72. The highest BCUT2D eigenvalue weighted by molar-refractivity contribution is 5.75. The first-order chi connectivity index (χ1) is 16.4. The van der Waals surface area contributed by atoms with Crippen LogP contribution in [0.25, 0.3) is 0 Å². The van der Waals surface area contributed by atoms with E-state index in [0.717, 1.165) is 62.0 Å². The molecule has 0 aromatic carbocycles. The second-order valence-corrected chi connectivity index (χ2v) is 14.6. The van der Waals surface area contributed by atoms with E-state index in [1.807, 2.05) is 0 Å². The third-order valence-electron chi connectivity index (χ3n) is 11.7. The van der Waals surface area contributed by atoms with Gasteiger partial charge in [0, 0.05) is 19.4 Å². The highest BCUT2D eigenvalue weighted by Crippen LogP contribution is 2.68. The lowest BCUT2D eigenvalue weighted by atomic mass is 9.43. The zero-order valence-electron chi connectivity index (χ0n) is 23.9. The van der Waals surface area contributed by atoms with E-state index in [1.165, 1.54) is 25.7 Å². The summed E-state index contributed by atoms with van der Waals surface area (Å²) in [7, 11) is 6.56. The van der Waals surface area contributed by atoms with Crippen molar-refractivity contribution in [1.82, 2.24) is 5.32 Å². The number of carbonyl (C=O) groups excluding carboxylic acids is 1. The first kappa shape index (κ1) is 30.6. The molecule has 5 nitrogen and oxygen atoms in total. The Labute approximate surface area is 238 Å². The van der Waals surface area contributed by atoms with E-state index in [4.69, 9.17) is 0 Å². The van der Waals surface area contributed by atoms with E-state index in [1.54, 1.807) is 0 Å². The van der Waals surface area contributed by atoms with Gasteiger partial charge in [-0.25, -0.2) is 0 Å². The lowest BCUT2D eigenvalue weighted by molar-refractivity contribution is -0.870. The molecule has 0 bridgehead atoms. The fourth-order valence-electron chi connectivity index (χ4n) is 9.59. The summed E-state index contributed by atoms with van der Waals surface area (Å²) in [4.78, 5) is 12.5. The van der Waals surface area contributed by atoms with E-state index in [0.29, 0.717) is 36.0 Å². The molecule has 6 heteroatoms. The Hall–Kier alpha value is 0.0800. The largest absolute Gasteiger partial charge is 1.00 e. The van der Waals surface area contributed by atoms with Crippen LogP contribution in [-0.4, -0.2) is 67.0 Å². The van der Waals surface area contributed by atoms with Crippen molar-refractivity contribution < 1.29 is 43.5 Å². The van der Waals surface area contributed by atoms with Crippen LogP contribution >= 0.6 is 0 Å². The summed E-state index contributed by atoms with van der Waals surface area (Å²) >= 11 is 0. The number of aliphatic hydroxyl groups is 2. The molecule has 1 amide bonds. The molecule has 0 spiro atoms. The van der Waals surface area contributed by atoms with E-state index in [2.05, 4.69) is 47.2 Å². The maximum Gasteiger partial charge on any atom is 0.220 e. The van der Waals surface area contributed by atoms with Crippen molar-refractivity contribution in [3.8, 4) is 0 Å². The number of rotatable bonds is 8. The van der Waals surface area contributed by atoms with Gasteiger partial charge in [0.2, 0.25) is 5.91 Å². The quantitative estimate of drug-likeness (QED) is 0.220. The maximum atomic E-state index is 12.5. The molecule has 0 aliphatic heterocycles. The molecular formula is C30H55IN2O3. The molecule has 0 heterocycles. The van der Waals surface area contributed by atoms with Crippen molar-refractivity contribution in [3.05, 3.63) is 0 Å². The molecule has 0 saturated heterocycles. The van der Waals surface area contributed by atoms with E-state index >= 15 is 0 Å². The highest BCUT2D eigenvalue weighted by atomic mass is 127. The summed E-state index contributed by atoms with van der Waals surface area (Å²) in [6.07, 6.45) is 11.1. The number of hydrogen-bond acceptors (Lipinski definition) is 3. The molecule has 0 radical (unpaired) electrons. The molecule has 4 aliphatic rings. The van der Waals surface area contributed by atoms with Crippen molar-refractivity contribution in [3.63, 3.8) is 0 Å². The average Bonchev–Trinajstić information content (AvgIpc) is 3.14. The maximum absolute atomic E-state index is 12.5. The van der Waals surface area contributed by atoms with Crippen LogP contribution in [0.3, 0.4) is 0 Å². The van der Waals surface area contributed by atoms with Crippen molar-refractivity contribution >= 4 is 5.91 Å². The molecule has 0 aromatic heterocycles. The fourth-order valence-corrected chi connectivity index (χ4v) is 9.59. The number of aliphatic hydroxyl groups excluding tert-OH is 2. The van der Waals surface area contributed by atoms with Crippen LogP contribution in [0.5, 0.6) is 0 Å². The Morgan fingerprint density at radius 3 is 2.44 bits per heavy atom. The van der Waals surface area contributed by atoms with Crippen LogP contribution < -0.4 is 29.3 Å². The van der Waals surface area contributed by atoms with Crippen molar-refractivity contribution in [2.24, 2.45) is 46.3 Å². The minimum Gasteiger partial charge on any atom is -1.00 e. The lowest BCUT2D eigenvalue weighted by Crippen LogP contribution is -3.00. The summed E-state index contributed by atoms with van der Waals surface area (Å²) < 4.78 is 0.931. The van der Waals surface area contributed by atoms with Gasteiger partial charge in [-0.05, 0) is 104 Å². The summed E-state index contributed by atoms with van der Waals surface area (Å²) in [6, 6.07) is 0. The Bertz CT molecular complexity index is 757. The Morgan fingerprint density at radius 2 is 1.75 bits per heavy atom. The van der Waals surface area contributed by atoms with Crippen LogP contribution in [0.1, 0.15) is 91.4 Å². The zero-order valence-corrected chi connectivity index (χ0v) is 26.1. The van der Waals surface area contributed by atoms with Crippen molar-refractivity contribution in [2.45, 2.75) is 104 Å². The van der Waals surface area contributed by atoms with Gasteiger partial charge in [-0.15, -0.1) is 0 Å². The average molecular weight is 619 g/mol. The third-order valence-corrected chi connectivity index (χ3v) is 11.7. The monoisotopic (exact) mass is 618 g/mol. The minimum atomic E-state index is -0.240. The van der Waals surface area contributed by atoms with Crippen LogP contribution in [0.4, 0.5) is 0 Å². The number of amides is 1. The van der Waals surface area contributed by atoms with Gasteiger partial charge in [0.1, 0.15) is 0 Å². The third kappa shape index (κ3) is 5.96. The number of hydrogen-bond donors (Lipinski definition) is 3. The van der Waals surface area contributed by atoms with Crippen LogP contribution in [-0.2, 0) is 4.79 Å². The Balaban J connectivity index is 0.00000361. The van der Waals surface area contributed by atoms with Gasteiger partial charge in [-0.3, -0.25) is 4.79 Å². The van der Waals surface area contributed by atoms with Gasteiger partial charge in [0.25, 0.3) is 0 Å². The van der Waals surface area contributed by atoms with Crippen LogP contribution in [0, 0.1) is 46.3 Å². The number of carbonyl (C=O) groups is 1. The molecule has 36 heavy (non-hydrogen) atoms. The second kappa shape index (κ2) is 11.7. The molecular weight excluding hydrogens is 563 g/mol. The van der Waals surface area contributed by atoms with Crippen molar-refractivity contribution in [2.75, 3.05) is 34.2 Å². The van der Waals surface area contributed by atoms with Crippen molar-refractivity contribution in [1.29, 1.82) is 0 Å². The number of halogens is 1. The van der Waals surface area contributed by atoms with Gasteiger partial charge in [0.05, 0.1) is 39.9 Å². The predicted octanol–water partition coefficient (Wildman–Crippen LogP) is 1.61. The smallest absolute Gasteiger partial charge is 0.220 e. The van der Waals surface area contributed by atoms with Gasteiger partial charge in [0.15, 0.2) is 0 Å². The number of quaternary nitrogens is 1. The number of nitrogens with one attached hydrogen (secondary N) is 1. The molecule has 3 N–H and O–H groups in total. The van der Waals surface area contributed by atoms with Crippen LogP contribution in [0.2, 0.25) is 0 Å². The van der Waals surface area contributed by atoms with Gasteiger partial charge in [-0.1, -0.05) is 20.8 Å². The Morgan fingerprint density at radius 1 is 1.03 bits per heavy atom. The Kier molecular flexibility index (Phi) is 9.93. The molecule has 4 rings (SSSR count). The van der Waals surface area contributed by atoms with E-state index in [9.17, 15) is 15.0 Å². The summed E-state index contributed by atoms with van der Waals surface area (Å²) in [5, 5.41) is 25.1. The van der Waals surface area contributed by atoms with Crippen LogP contribution in [0.15, 0.2) is 0 Å². The van der Waals surface area contributed by atoms with Gasteiger partial charge in [-0.2, -0.15) is 0 Å². The first-order valence-corrected chi connectivity index (χ1v) is 14.8. The molecule has 0 aromatic rings. The topological polar surface area (TPSA) is 69.6 Å². The normalized spacial score (nSPS) is 42.9. The zero-order chi connectivity index (χ0) is 25.6. The molecule has 4 aliphatic carbocycles. The predicted molar refractivity (Wildman–Crippen MR) is 142 cm³/mol. The number of nitrogens with zero attached hydrogens (tertiary/aromatic N) is 1.